The van der Waals surface area contributed by atoms with E-state index in [0.717, 1.165) is 5.56 Å². The maximum absolute atomic E-state index is 12.9. The smallest absolute Gasteiger partial charge is 0.404 e. The number of carbonyl (C=O) groups excluding carboxylic acids is 3. The molecule has 206 valence electrons. The summed E-state index contributed by atoms with van der Waals surface area (Å²) in [5.74, 6) is 5.00. The maximum Gasteiger partial charge on any atom is 0.404 e. The third-order valence-electron chi connectivity index (χ3n) is 6.35. The monoisotopic (exact) mass is 529 g/mol. The van der Waals surface area contributed by atoms with Crippen molar-refractivity contribution in [3.63, 3.8) is 0 Å². The molecule has 11 nitrogen and oxygen atoms in total. The summed E-state index contributed by atoms with van der Waals surface area (Å²) in [6.45, 7) is 7.91. The molecule has 0 aliphatic carbocycles. The van der Waals surface area contributed by atoms with Crippen molar-refractivity contribution in [3.05, 3.63) is 34.9 Å². The first-order valence-electron chi connectivity index (χ1n) is 12.6. The van der Waals surface area contributed by atoms with Gasteiger partial charge in [0.2, 0.25) is 11.8 Å². The van der Waals surface area contributed by atoms with Crippen LogP contribution >= 0.6 is 0 Å². The van der Waals surface area contributed by atoms with Gasteiger partial charge in [-0.3, -0.25) is 19.7 Å². The summed E-state index contributed by atoms with van der Waals surface area (Å²) < 4.78 is 16.5. The van der Waals surface area contributed by atoms with Crippen LogP contribution in [-0.4, -0.2) is 85.5 Å². The van der Waals surface area contributed by atoms with Gasteiger partial charge < -0.3 is 29.5 Å². The summed E-state index contributed by atoms with van der Waals surface area (Å²) in [7, 11) is 0. The van der Waals surface area contributed by atoms with Gasteiger partial charge in [0.1, 0.15) is 12.6 Å². The van der Waals surface area contributed by atoms with Crippen molar-refractivity contribution in [3.8, 4) is 11.8 Å². The van der Waals surface area contributed by atoms with E-state index in [0.29, 0.717) is 44.0 Å². The first-order valence-corrected chi connectivity index (χ1v) is 12.6. The summed E-state index contributed by atoms with van der Waals surface area (Å²) in [5.41, 5.74) is 1.72. The lowest BCUT2D eigenvalue weighted by atomic mass is 9.87. The molecule has 1 aromatic rings. The number of carboxylic acid groups (broad SMARTS) is 1. The quantitative estimate of drug-likeness (QED) is 0.223. The van der Waals surface area contributed by atoms with E-state index in [1.54, 1.807) is 12.1 Å². The van der Waals surface area contributed by atoms with Gasteiger partial charge in [0, 0.05) is 24.1 Å². The fourth-order valence-electron chi connectivity index (χ4n) is 4.15. The molecule has 4 amide bonds. The fraction of sp³-hybridized carbons (Fsp3) is 0.556. The van der Waals surface area contributed by atoms with Crippen LogP contribution in [0.3, 0.4) is 0 Å². The Morgan fingerprint density at radius 2 is 1.87 bits per heavy atom. The number of hydrogen-bond donors (Lipinski definition) is 3. The van der Waals surface area contributed by atoms with Gasteiger partial charge in [-0.1, -0.05) is 38.7 Å². The zero-order valence-electron chi connectivity index (χ0n) is 22.0. The van der Waals surface area contributed by atoms with E-state index < -0.39 is 18.0 Å². The van der Waals surface area contributed by atoms with Crippen LogP contribution in [0.2, 0.25) is 0 Å². The molecular weight excluding hydrogens is 494 g/mol. The second-order valence-electron chi connectivity index (χ2n) is 10.1. The van der Waals surface area contributed by atoms with Crippen molar-refractivity contribution >= 4 is 23.8 Å². The minimum absolute atomic E-state index is 0.183. The number of nitrogens with zero attached hydrogens (tertiary/aromatic N) is 1. The molecule has 2 unspecified atom stereocenters. The first kappa shape index (κ1) is 29.1. The lowest BCUT2D eigenvalue weighted by molar-refractivity contribution is -0.136. The standard InChI is InChI=1S/C27H35N3O8/c1-27(2,3)22(28-26(34)35)17-38-15-14-37-13-12-36-11-5-7-18-6-4-8-19-20(18)16-30(25(19)33)21-9-10-23(31)29-24(21)32/h4,6,8,21-22,28H,9-17H2,1-3H3,(H,34,35)(H,29,31,32). The molecule has 11 heteroatoms. The van der Waals surface area contributed by atoms with E-state index in [1.165, 1.54) is 4.90 Å². The van der Waals surface area contributed by atoms with E-state index in [-0.39, 0.29) is 49.5 Å². The second kappa shape index (κ2) is 13.4. The molecule has 2 aliphatic heterocycles. The third-order valence-corrected chi connectivity index (χ3v) is 6.35. The molecule has 0 spiro atoms. The van der Waals surface area contributed by atoms with Gasteiger partial charge in [-0.2, -0.15) is 0 Å². The number of imide groups is 1. The van der Waals surface area contributed by atoms with E-state index in [1.807, 2.05) is 26.8 Å². The Balaban J connectivity index is 1.36. The number of carbonyl (C=O) groups is 4. The molecule has 0 radical (unpaired) electrons. The number of rotatable bonds is 11. The lowest BCUT2D eigenvalue weighted by Crippen LogP contribution is -2.52. The molecule has 0 saturated carbocycles. The van der Waals surface area contributed by atoms with Crippen LogP contribution in [0.5, 0.6) is 0 Å². The van der Waals surface area contributed by atoms with Crippen molar-refractivity contribution in [1.82, 2.24) is 15.5 Å². The van der Waals surface area contributed by atoms with Crippen molar-refractivity contribution in [2.75, 3.05) is 39.6 Å². The topological polar surface area (TPSA) is 143 Å². The number of hydrogen-bond acceptors (Lipinski definition) is 7. The van der Waals surface area contributed by atoms with Crippen LogP contribution < -0.4 is 10.6 Å². The van der Waals surface area contributed by atoms with Crippen LogP contribution in [0, 0.1) is 17.3 Å². The molecule has 2 heterocycles. The molecule has 0 aromatic heterocycles. The molecule has 2 aliphatic rings. The summed E-state index contributed by atoms with van der Waals surface area (Å²) in [4.78, 5) is 49.0. The number of piperidine rings is 1. The number of benzene rings is 1. The summed E-state index contributed by atoms with van der Waals surface area (Å²) in [6.07, 6.45) is -0.559. The van der Waals surface area contributed by atoms with Gasteiger partial charge in [0.05, 0.1) is 39.1 Å². The number of nitrogens with one attached hydrogen (secondary N) is 2. The third kappa shape index (κ3) is 8.02. The van der Waals surface area contributed by atoms with Gasteiger partial charge in [0.25, 0.3) is 5.91 Å². The minimum Gasteiger partial charge on any atom is -0.465 e. The maximum atomic E-state index is 12.9. The molecule has 0 bridgehead atoms. The fourth-order valence-corrected chi connectivity index (χ4v) is 4.15. The molecule has 3 rings (SSSR count). The van der Waals surface area contributed by atoms with Gasteiger partial charge in [-0.25, -0.2) is 4.79 Å². The van der Waals surface area contributed by atoms with Crippen LogP contribution in [0.15, 0.2) is 18.2 Å². The Morgan fingerprint density at radius 3 is 2.55 bits per heavy atom. The lowest BCUT2D eigenvalue weighted by Gasteiger charge is -2.30. The molecule has 1 saturated heterocycles. The molecule has 38 heavy (non-hydrogen) atoms. The summed E-state index contributed by atoms with van der Waals surface area (Å²) in [5, 5.41) is 13.7. The SMILES string of the molecule is CC(C)(C)C(COCCOCCOCC#Cc1cccc2c1CN(C1CCC(=O)NC1=O)C2=O)NC(=O)O. The van der Waals surface area contributed by atoms with Crippen molar-refractivity contribution < 1.29 is 38.5 Å². The van der Waals surface area contributed by atoms with Crippen LogP contribution in [0.4, 0.5) is 4.79 Å². The normalized spacial score (nSPS) is 17.9. The number of ether oxygens (including phenoxy) is 3. The summed E-state index contributed by atoms with van der Waals surface area (Å²) >= 11 is 0. The summed E-state index contributed by atoms with van der Waals surface area (Å²) in [6, 6.07) is 4.31. The van der Waals surface area contributed by atoms with E-state index in [4.69, 9.17) is 19.3 Å². The molecule has 1 fully saturated rings. The Labute approximate surface area is 222 Å². The average Bonchev–Trinajstić information content (AvgIpc) is 3.17. The Kier molecular flexibility index (Phi) is 10.2. The number of amides is 4. The molecular formula is C27H35N3O8. The van der Waals surface area contributed by atoms with Crippen LogP contribution in [0.25, 0.3) is 0 Å². The molecule has 2 atom stereocenters. The highest BCUT2D eigenvalue weighted by Gasteiger charge is 2.39. The van der Waals surface area contributed by atoms with E-state index >= 15 is 0 Å². The van der Waals surface area contributed by atoms with Gasteiger partial charge in [-0.05, 0) is 29.5 Å². The highest BCUT2D eigenvalue weighted by molar-refractivity contribution is 6.05. The first-order chi connectivity index (χ1) is 18.1. The predicted octanol–water partition coefficient (Wildman–Crippen LogP) is 1.53. The Bertz CT molecular complexity index is 1100. The zero-order chi connectivity index (χ0) is 27.7. The van der Waals surface area contributed by atoms with Crippen LogP contribution in [0.1, 0.15) is 55.1 Å². The van der Waals surface area contributed by atoms with Gasteiger partial charge >= 0.3 is 6.09 Å². The van der Waals surface area contributed by atoms with Crippen LogP contribution in [-0.2, 0) is 30.3 Å². The highest BCUT2D eigenvalue weighted by Crippen LogP contribution is 2.29. The predicted molar refractivity (Wildman–Crippen MR) is 136 cm³/mol. The largest absolute Gasteiger partial charge is 0.465 e. The average molecular weight is 530 g/mol. The van der Waals surface area contributed by atoms with Crippen molar-refractivity contribution in [2.45, 2.75) is 52.2 Å². The number of fused-ring (bicyclic) bond motifs is 1. The van der Waals surface area contributed by atoms with Crippen molar-refractivity contribution in [1.29, 1.82) is 0 Å². The molecule has 3 N–H and O–H groups in total. The minimum atomic E-state index is -1.08. The van der Waals surface area contributed by atoms with Gasteiger partial charge in [0.15, 0.2) is 0 Å². The second-order valence-corrected chi connectivity index (χ2v) is 10.1. The zero-order valence-corrected chi connectivity index (χ0v) is 22.0. The Morgan fingerprint density at radius 1 is 1.16 bits per heavy atom. The van der Waals surface area contributed by atoms with E-state index in [2.05, 4.69) is 22.5 Å². The molecule has 1 aromatic carbocycles. The Hall–Kier alpha value is -3.46. The van der Waals surface area contributed by atoms with E-state index in [9.17, 15) is 19.2 Å². The highest BCUT2D eigenvalue weighted by atomic mass is 16.5. The van der Waals surface area contributed by atoms with Gasteiger partial charge in [-0.15, -0.1) is 0 Å². The van der Waals surface area contributed by atoms with Crippen molar-refractivity contribution in [2.24, 2.45) is 5.41 Å².